The number of halogens is 3. The lowest BCUT2D eigenvalue weighted by Gasteiger charge is -2.33. The van der Waals surface area contributed by atoms with Gasteiger partial charge in [0.1, 0.15) is 5.65 Å². The van der Waals surface area contributed by atoms with E-state index < -0.39 is 47.6 Å². The summed E-state index contributed by atoms with van der Waals surface area (Å²) >= 11 is 0. The predicted molar refractivity (Wildman–Crippen MR) is 118 cm³/mol. The van der Waals surface area contributed by atoms with Crippen molar-refractivity contribution in [2.75, 3.05) is 19.7 Å². The molecule has 2 amide bonds. The van der Waals surface area contributed by atoms with Crippen LogP contribution in [0, 0.1) is 5.92 Å². The first-order chi connectivity index (χ1) is 16.5. The Bertz CT molecular complexity index is 1230. The molecule has 35 heavy (non-hydrogen) atoms. The van der Waals surface area contributed by atoms with Crippen molar-refractivity contribution in [1.29, 1.82) is 0 Å². The maximum Gasteiger partial charge on any atom is 0.416 e. The molecule has 0 bridgehead atoms. The number of carbonyl (C=O) groups is 2. The van der Waals surface area contributed by atoms with E-state index in [0.29, 0.717) is 0 Å². The van der Waals surface area contributed by atoms with Gasteiger partial charge in [0.15, 0.2) is 11.7 Å². The van der Waals surface area contributed by atoms with Gasteiger partial charge in [0.05, 0.1) is 19.3 Å². The summed E-state index contributed by atoms with van der Waals surface area (Å²) in [4.78, 5) is 39.2. The molecule has 3 heterocycles. The zero-order valence-electron chi connectivity index (χ0n) is 19.2. The van der Waals surface area contributed by atoms with Crippen molar-refractivity contribution in [1.82, 2.24) is 24.4 Å². The van der Waals surface area contributed by atoms with Crippen molar-refractivity contribution < 1.29 is 32.6 Å². The van der Waals surface area contributed by atoms with E-state index >= 15 is 0 Å². The lowest BCUT2D eigenvalue weighted by atomic mass is 10.2. The summed E-state index contributed by atoms with van der Waals surface area (Å²) in [5.41, 5.74) is -0.807. The fourth-order valence-corrected chi connectivity index (χ4v) is 3.86. The third-order valence-electron chi connectivity index (χ3n) is 5.75. The average molecular weight is 497 g/mol. The molecule has 1 atom stereocenters. The second-order valence-electron chi connectivity index (χ2n) is 9.11. The van der Waals surface area contributed by atoms with Gasteiger partial charge in [-0.25, -0.2) is 0 Å². The molecule has 0 unspecified atom stereocenters. The normalized spacial score (nSPS) is 19.1. The van der Waals surface area contributed by atoms with Gasteiger partial charge in [-0.15, -0.1) is 0 Å². The van der Waals surface area contributed by atoms with Crippen LogP contribution in [0.1, 0.15) is 42.6 Å². The minimum Gasteiger partial charge on any atom is -0.494 e. The summed E-state index contributed by atoms with van der Waals surface area (Å²) in [6.07, 6.45) is -1.35. The number of aromatic nitrogens is 3. The zero-order valence-corrected chi connectivity index (χ0v) is 19.2. The van der Waals surface area contributed by atoms with Crippen LogP contribution in [-0.4, -0.2) is 74.0 Å². The molecule has 2 N–H and O–H groups in total. The van der Waals surface area contributed by atoms with Gasteiger partial charge < -0.3 is 20.1 Å². The van der Waals surface area contributed by atoms with E-state index in [-0.39, 0.29) is 42.9 Å². The summed E-state index contributed by atoms with van der Waals surface area (Å²) in [7, 11) is 0. The number of alkyl halides is 3. The Labute approximate surface area is 198 Å². The van der Waals surface area contributed by atoms with E-state index in [4.69, 9.17) is 4.74 Å². The molecule has 4 rings (SSSR count). The molecule has 13 heteroatoms. The summed E-state index contributed by atoms with van der Waals surface area (Å²) in [6, 6.07) is -0.0326. The van der Waals surface area contributed by atoms with Crippen LogP contribution in [-0.2, 0) is 16.1 Å². The highest BCUT2D eigenvalue weighted by Gasteiger charge is 2.44. The number of morpholine rings is 1. The largest absolute Gasteiger partial charge is 0.494 e. The van der Waals surface area contributed by atoms with Crippen molar-refractivity contribution in [2.24, 2.45) is 5.92 Å². The third-order valence-corrected chi connectivity index (χ3v) is 5.75. The summed E-state index contributed by atoms with van der Waals surface area (Å²) < 4.78 is 46.0. The number of nitrogens with one attached hydrogen (secondary N) is 1. The Morgan fingerprint density at radius 3 is 2.69 bits per heavy atom. The lowest BCUT2D eigenvalue weighted by Crippen LogP contribution is -2.50. The van der Waals surface area contributed by atoms with Gasteiger partial charge in [-0.1, -0.05) is 13.8 Å². The van der Waals surface area contributed by atoms with Crippen LogP contribution in [0.25, 0.3) is 11.7 Å². The van der Waals surface area contributed by atoms with Gasteiger partial charge in [0, 0.05) is 30.8 Å². The monoisotopic (exact) mass is 497 g/mol. The number of hydrogen-bond donors (Lipinski definition) is 2. The molecular weight excluding hydrogens is 471 g/mol. The fraction of sp³-hybridized carbons (Fsp3) is 0.545. The number of ether oxygens (including phenoxy) is 1. The van der Waals surface area contributed by atoms with Crippen LogP contribution in [0.3, 0.4) is 0 Å². The fourth-order valence-electron chi connectivity index (χ4n) is 3.86. The molecule has 1 aliphatic heterocycles. The Morgan fingerprint density at radius 2 is 2.06 bits per heavy atom. The van der Waals surface area contributed by atoms with E-state index in [2.05, 4.69) is 10.4 Å². The molecule has 10 nitrogen and oxygen atoms in total. The van der Waals surface area contributed by atoms with Crippen LogP contribution in [0.2, 0.25) is 0 Å². The van der Waals surface area contributed by atoms with Gasteiger partial charge in [-0.05, 0) is 24.8 Å². The third kappa shape index (κ3) is 5.19. The van der Waals surface area contributed by atoms with E-state index in [0.717, 1.165) is 28.3 Å². The molecule has 0 radical (unpaired) electrons. The molecule has 0 aromatic carbocycles. The van der Waals surface area contributed by atoms with Crippen molar-refractivity contribution >= 4 is 23.5 Å². The standard InChI is InChI=1S/C22H26F3N5O5/c1-12(2)10-29-19-13(3-6-16(31)28-7-8-35-15(11-28)22(23,24)25)9-26-30(19)21(34)17(20(29)33)18(32)27-14-4-5-14/h3,6,9,12,14-15,33H,4-5,7-8,10-11H2,1-2H3,(H,27,32)/b6-3+/t15-/m1/s1. The smallest absolute Gasteiger partial charge is 0.416 e. The van der Waals surface area contributed by atoms with Crippen LogP contribution in [0.5, 0.6) is 5.88 Å². The Hall–Kier alpha value is -3.35. The van der Waals surface area contributed by atoms with Crippen molar-refractivity contribution in [3.05, 3.63) is 33.8 Å². The van der Waals surface area contributed by atoms with E-state index in [1.807, 2.05) is 13.8 Å². The number of rotatable bonds is 6. The first kappa shape index (κ1) is 24.8. The summed E-state index contributed by atoms with van der Waals surface area (Å²) in [6.45, 7) is 3.12. The molecule has 1 saturated heterocycles. The molecular formula is C22H26F3N5O5. The molecule has 2 fully saturated rings. The van der Waals surface area contributed by atoms with Gasteiger partial charge in [-0.2, -0.15) is 22.8 Å². The first-order valence-corrected chi connectivity index (χ1v) is 11.3. The van der Waals surface area contributed by atoms with Crippen LogP contribution in [0.4, 0.5) is 13.2 Å². The minimum atomic E-state index is -4.58. The number of aromatic hydroxyl groups is 1. The van der Waals surface area contributed by atoms with Crippen molar-refractivity contribution in [3.63, 3.8) is 0 Å². The second kappa shape index (κ2) is 9.36. The quantitative estimate of drug-likeness (QED) is 0.585. The van der Waals surface area contributed by atoms with Gasteiger partial charge >= 0.3 is 6.18 Å². The first-order valence-electron chi connectivity index (χ1n) is 11.3. The number of hydrogen-bond acceptors (Lipinski definition) is 6. The van der Waals surface area contributed by atoms with Crippen molar-refractivity contribution in [2.45, 2.75) is 51.6 Å². The highest BCUT2D eigenvalue weighted by molar-refractivity contribution is 5.97. The Morgan fingerprint density at radius 1 is 1.34 bits per heavy atom. The van der Waals surface area contributed by atoms with Gasteiger partial charge in [0.2, 0.25) is 11.8 Å². The summed E-state index contributed by atoms with van der Waals surface area (Å²) in [5.74, 6) is -1.86. The molecule has 190 valence electrons. The Balaban J connectivity index is 1.68. The van der Waals surface area contributed by atoms with Crippen LogP contribution >= 0.6 is 0 Å². The van der Waals surface area contributed by atoms with Gasteiger partial charge in [0.25, 0.3) is 11.5 Å². The van der Waals surface area contributed by atoms with Crippen LogP contribution < -0.4 is 10.9 Å². The minimum absolute atomic E-state index is 0.00280. The second-order valence-corrected chi connectivity index (χ2v) is 9.11. The highest BCUT2D eigenvalue weighted by Crippen LogP contribution is 2.27. The maximum atomic E-state index is 13.0. The molecule has 2 aromatic heterocycles. The maximum absolute atomic E-state index is 13.0. The molecule has 1 aliphatic carbocycles. The van der Waals surface area contributed by atoms with Crippen LogP contribution in [0.15, 0.2) is 17.1 Å². The number of fused-ring (bicyclic) bond motifs is 1. The number of amides is 2. The zero-order chi connectivity index (χ0) is 25.5. The topological polar surface area (TPSA) is 118 Å². The van der Waals surface area contributed by atoms with Crippen molar-refractivity contribution in [3.8, 4) is 5.88 Å². The van der Waals surface area contributed by atoms with E-state index in [1.165, 1.54) is 16.8 Å². The molecule has 2 aliphatic rings. The highest BCUT2D eigenvalue weighted by atomic mass is 19.4. The molecule has 1 saturated carbocycles. The molecule has 2 aromatic rings. The van der Waals surface area contributed by atoms with E-state index in [9.17, 15) is 32.7 Å². The number of carbonyl (C=O) groups excluding carboxylic acids is 2. The summed E-state index contributed by atoms with van der Waals surface area (Å²) in [5, 5.41) is 17.6. The SMILES string of the molecule is CC(C)Cn1c(O)c(C(=O)NC2CC2)c(=O)n2ncc(/C=C/C(=O)N3CCO[C@@H](C(F)(F)F)C3)c12. The number of nitrogens with zero attached hydrogens (tertiary/aromatic N) is 4. The average Bonchev–Trinajstić information content (AvgIpc) is 3.49. The lowest BCUT2D eigenvalue weighted by molar-refractivity contribution is -0.235. The predicted octanol–water partition coefficient (Wildman–Crippen LogP) is 1.55. The van der Waals surface area contributed by atoms with Gasteiger partial charge in [-0.3, -0.25) is 19.0 Å². The Kier molecular flexibility index (Phi) is 6.62. The molecule has 0 spiro atoms. The van der Waals surface area contributed by atoms with E-state index in [1.54, 1.807) is 0 Å².